The Bertz CT molecular complexity index is 701. The molecule has 3 aromatic rings. The van der Waals surface area contributed by atoms with Crippen LogP contribution in [0.15, 0.2) is 55.0 Å². The van der Waals surface area contributed by atoms with Crippen molar-refractivity contribution < 1.29 is 0 Å². The third kappa shape index (κ3) is 2.21. The highest BCUT2D eigenvalue weighted by Gasteiger charge is 2.18. The van der Waals surface area contributed by atoms with E-state index in [4.69, 9.17) is 0 Å². The zero-order valence-corrected chi connectivity index (χ0v) is 11.9. The van der Waals surface area contributed by atoms with Crippen LogP contribution >= 0.6 is 0 Å². The van der Waals surface area contributed by atoms with Crippen LogP contribution in [0.5, 0.6) is 0 Å². The van der Waals surface area contributed by atoms with Gasteiger partial charge < -0.3 is 9.88 Å². The molecule has 1 atom stereocenters. The molecule has 0 aliphatic rings. The van der Waals surface area contributed by atoms with Gasteiger partial charge in [0.25, 0.3) is 0 Å². The molecule has 3 rings (SSSR count). The molecule has 0 aliphatic heterocycles. The van der Waals surface area contributed by atoms with E-state index in [1.807, 2.05) is 19.4 Å². The van der Waals surface area contributed by atoms with Crippen molar-refractivity contribution in [3.8, 4) is 0 Å². The minimum Gasteiger partial charge on any atom is -0.350 e. The standard InChI is InChI=1S/C17H19N3/c1-18-11-15(13-7-9-19-10-8-13)16-12-20(2)17-6-4-3-5-14(16)17/h3-10,12,15,18H,11H2,1-2H3. The molecule has 0 bridgehead atoms. The Morgan fingerprint density at radius 1 is 1.15 bits per heavy atom. The summed E-state index contributed by atoms with van der Waals surface area (Å²) in [6.07, 6.45) is 5.97. The molecular weight excluding hydrogens is 246 g/mol. The molecule has 20 heavy (non-hydrogen) atoms. The molecule has 3 nitrogen and oxygen atoms in total. The maximum Gasteiger partial charge on any atom is 0.0480 e. The number of rotatable bonds is 4. The Morgan fingerprint density at radius 3 is 2.65 bits per heavy atom. The van der Waals surface area contributed by atoms with Crippen LogP contribution in [0.4, 0.5) is 0 Å². The topological polar surface area (TPSA) is 29.9 Å². The monoisotopic (exact) mass is 265 g/mol. The van der Waals surface area contributed by atoms with Gasteiger partial charge in [-0.3, -0.25) is 4.98 Å². The predicted octanol–water partition coefficient (Wildman–Crippen LogP) is 2.92. The number of pyridine rings is 1. The first-order chi connectivity index (χ1) is 9.81. The molecule has 102 valence electrons. The second kappa shape index (κ2) is 5.47. The number of aromatic nitrogens is 2. The average molecular weight is 265 g/mol. The van der Waals surface area contributed by atoms with Crippen molar-refractivity contribution in [2.45, 2.75) is 5.92 Å². The van der Waals surface area contributed by atoms with E-state index in [-0.39, 0.29) is 0 Å². The molecule has 0 spiro atoms. The van der Waals surface area contributed by atoms with E-state index < -0.39 is 0 Å². The molecule has 3 heteroatoms. The zero-order valence-electron chi connectivity index (χ0n) is 11.9. The molecule has 0 saturated carbocycles. The van der Waals surface area contributed by atoms with Gasteiger partial charge in [-0.1, -0.05) is 18.2 Å². The number of nitrogens with zero attached hydrogens (tertiary/aromatic N) is 2. The van der Waals surface area contributed by atoms with Gasteiger partial charge in [0.05, 0.1) is 0 Å². The lowest BCUT2D eigenvalue weighted by Crippen LogP contribution is -2.18. The molecule has 0 aliphatic carbocycles. The smallest absolute Gasteiger partial charge is 0.0480 e. The Kier molecular flexibility index (Phi) is 3.52. The molecular formula is C17H19N3. The van der Waals surface area contributed by atoms with Crippen molar-refractivity contribution >= 4 is 10.9 Å². The fourth-order valence-electron chi connectivity index (χ4n) is 2.86. The number of likely N-dealkylation sites (N-methyl/N-ethyl adjacent to an activating group) is 1. The van der Waals surface area contributed by atoms with Crippen molar-refractivity contribution in [2.24, 2.45) is 7.05 Å². The van der Waals surface area contributed by atoms with Crippen LogP contribution in [0.25, 0.3) is 10.9 Å². The molecule has 0 amide bonds. The Morgan fingerprint density at radius 2 is 1.90 bits per heavy atom. The first-order valence-electron chi connectivity index (χ1n) is 6.89. The molecule has 1 unspecified atom stereocenters. The number of benzene rings is 1. The first kappa shape index (κ1) is 12.9. The molecule has 2 heterocycles. The largest absolute Gasteiger partial charge is 0.350 e. The highest BCUT2D eigenvalue weighted by Crippen LogP contribution is 2.31. The summed E-state index contributed by atoms with van der Waals surface area (Å²) in [7, 11) is 4.11. The second-order valence-electron chi connectivity index (χ2n) is 5.10. The molecule has 2 aromatic heterocycles. The number of nitrogens with one attached hydrogen (secondary N) is 1. The summed E-state index contributed by atoms with van der Waals surface area (Å²) in [4.78, 5) is 4.12. The fourth-order valence-corrected chi connectivity index (χ4v) is 2.86. The van der Waals surface area contributed by atoms with Gasteiger partial charge in [0.2, 0.25) is 0 Å². The van der Waals surface area contributed by atoms with Gasteiger partial charge in [0.15, 0.2) is 0 Å². The third-order valence-electron chi connectivity index (χ3n) is 3.82. The number of para-hydroxylation sites is 1. The molecule has 1 N–H and O–H groups in total. The van der Waals surface area contributed by atoms with E-state index in [9.17, 15) is 0 Å². The van der Waals surface area contributed by atoms with E-state index in [0.29, 0.717) is 5.92 Å². The van der Waals surface area contributed by atoms with Crippen LogP contribution in [0.1, 0.15) is 17.0 Å². The van der Waals surface area contributed by atoms with E-state index in [0.717, 1.165) is 6.54 Å². The molecule has 0 radical (unpaired) electrons. The summed E-state index contributed by atoms with van der Waals surface area (Å²) >= 11 is 0. The van der Waals surface area contributed by atoms with E-state index >= 15 is 0 Å². The van der Waals surface area contributed by atoms with Crippen LogP contribution in [0, 0.1) is 0 Å². The van der Waals surface area contributed by atoms with Gasteiger partial charge in [0, 0.05) is 49.0 Å². The van der Waals surface area contributed by atoms with E-state index in [2.05, 4.69) is 64.5 Å². The van der Waals surface area contributed by atoms with Crippen molar-refractivity contribution in [1.29, 1.82) is 0 Å². The maximum atomic E-state index is 4.12. The lowest BCUT2D eigenvalue weighted by atomic mass is 9.91. The van der Waals surface area contributed by atoms with E-state index in [1.54, 1.807) is 0 Å². The highest BCUT2D eigenvalue weighted by atomic mass is 14.9. The lowest BCUT2D eigenvalue weighted by Gasteiger charge is -2.16. The second-order valence-corrected chi connectivity index (χ2v) is 5.10. The number of fused-ring (bicyclic) bond motifs is 1. The van der Waals surface area contributed by atoms with Gasteiger partial charge in [-0.2, -0.15) is 0 Å². The summed E-state index contributed by atoms with van der Waals surface area (Å²) in [6, 6.07) is 12.8. The highest BCUT2D eigenvalue weighted by molar-refractivity contribution is 5.85. The lowest BCUT2D eigenvalue weighted by molar-refractivity contribution is 0.708. The maximum absolute atomic E-state index is 4.12. The summed E-state index contributed by atoms with van der Waals surface area (Å²) in [5.74, 6) is 0.342. The van der Waals surface area contributed by atoms with Gasteiger partial charge in [-0.15, -0.1) is 0 Å². The summed E-state index contributed by atoms with van der Waals surface area (Å²) < 4.78 is 2.20. The van der Waals surface area contributed by atoms with Crippen LogP contribution in [0.2, 0.25) is 0 Å². The minimum atomic E-state index is 0.342. The van der Waals surface area contributed by atoms with E-state index in [1.165, 1.54) is 22.0 Å². The van der Waals surface area contributed by atoms with Crippen LogP contribution in [0.3, 0.4) is 0 Å². The predicted molar refractivity (Wildman–Crippen MR) is 82.9 cm³/mol. The van der Waals surface area contributed by atoms with Crippen LogP contribution < -0.4 is 5.32 Å². The van der Waals surface area contributed by atoms with Crippen LogP contribution in [-0.2, 0) is 7.05 Å². The Labute approximate surface area is 119 Å². The fraction of sp³-hybridized carbons (Fsp3) is 0.235. The van der Waals surface area contributed by atoms with Crippen molar-refractivity contribution in [3.63, 3.8) is 0 Å². The Balaban J connectivity index is 2.15. The molecule has 1 aromatic carbocycles. The van der Waals surface area contributed by atoms with Crippen molar-refractivity contribution in [2.75, 3.05) is 13.6 Å². The van der Waals surface area contributed by atoms with Crippen molar-refractivity contribution in [3.05, 3.63) is 66.1 Å². The normalized spacial score (nSPS) is 12.7. The Hall–Kier alpha value is -2.13. The van der Waals surface area contributed by atoms with Gasteiger partial charge in [-0.05, 0) is 36.4 Å². The summed E-state index contributed by atoms with van der Waals surface area (Å²) in [5, 5.41) is 4.64. The average Bonchev–Trinajstić information content (AvgIpc) is 2.83. The van der Waals surface area contributed by atoms with Gasteiger partial charge in [0.1, 0.15) is 0 Å². The number of hydrogen-bond acceptors (Lipinski definition) is 2. The van der Waals surface area contributed by atoms with Gasteiger partial charge in [-0.25, -0.2) is 0 Å². The summed E-state index contributed by atoms with van der Waals surface area (Å²) in [6.45, 7) is 0.915. The van der Waals surface area contributed by atoms with Crippen molar-refractivity contribution in [1.82, 2.24) is 14.9 Å². The quantitative estimate of drug-likeness (QED) is 0.786. The minimum absolute atomic E-state index is 0.342. The first-order valence-corrected chi connectivity index (χ1v) is 6.89. The van der Waals surface area contributed by atoms with Crippen LogP contribution in [-0.4, -0.2) is 23.1 Å². The summed E-state index contributed by atoms with van der Waals surface area (Å²) in [5.41, 5.74) is 3.94. The SMILES string of the molecule is CNCC(c1ccncc1)c1cn(C)c2ccccc12. The number of hydrogen-bond donors (Lipinski definition) is 1. The third-order valence-corrected chi connectivity index (χ3v) is 3.82. The van der Waals surface area contributed by atoms with Gasteiger partial charge >= 0.3 is 0 Å². The molecule has 0 fully saturated rings. The zero-order chi connectivity index (χ0) is 13.9. The molecule has 0 saturated heterocycles. The number of aryl methyl sites for hydroxylation is 1.